The van der Waals surface area contributed by atoms with Crippen LogP contribution in [-0.4, -0.2) is 38.6 Å². The molecule has 0 saturated heterocycles. The van der Waals surface area contributed by atoms with Crippen molar-refractivity contribution >= 4 is 39.1 Å². The van der Waals surface area contributed by atoms with Gasteiger partial charge in [-0.15, -0.1) is 11.3 Å². The third-order valence-corrected chi connectivity index (χ3v) is 6.54. The molecular formula is C26H24N6O3S. The van der Waals surface area contributed by atoms with Gasteiger partial charge in [0.1, 0.15) is 16.4 Å². The summed E-state index contributed by atoms with van der Waals surface area (Å²) in [6, 6.07) is 13.2. The van der Waals surface area contributed by atoms with Crippen molar-refractivity contribution in [2.75, 3.05) is 12.4 Å². The lowest BCUT2D eigenvalue weighted by atomic mass is 10.0. The summed E-state index contributed by atoms with van der Waals surface area (Å²) < 4.78 is 14.3. The van der Waals surface area contributed by atoms with Crippen molar-refractivity contribution in [1.82, 2.24) is 19.5 Å². The van der Waals surface area contributed by atoms with Crippen molar-refractivity contribution in [3.05, 3.63) is 72.3 Å². The Labute approximate surface area is 211 Å². The van der Waals surface area contributed by atoms with Crippen molar-refractivity contribution < 1.29 is 14.3 Å². The van der Waals surface area contributed by atoms with E-state index in [0.29, 0.717) is 39.1 Å². The van der Waals surface area contributed by atoms with Gasteiger partial charge < -0.3 is 25.1 Å². The standard InChI is InChI=1S/C26H24N6O3S/c1-15(2)35-20-12-16(32-11-10-28-14-32)8-9-18(20)30-26-29-13-21-23(31-26)22(24(36-21)25(27)33)17-6-4-5-7-19(17)34-3/h4-15H,1-3H3,(H2,27,33)(H,29,30,31). The van der Waals surface area contributed by atoms with Crippen LogP contribution in [0.15, 0.2) is 67.4 Å². The average Bonchev–Trinajstić information content (AvgIpc) is 3.53. The number of carbonyl (C=O) groups is 1. The number of hydrogen-bond donors (Lipinski definition) is 2. The van der Waals surface area contributed by atoms with Crippen molar-refractivity contribution in [2.45, 2.75) is 20.0 Å². The van der Waals surface area contributed by atoms with E-state index in [2.05, 4.69) is 15.3 Å². The highest BCUT2D eigenvalue weighted by Gasteiger charge is 2.22. The first-order chi connectivity index (χ1) is 17.4. The Morgan fingerprint density at radius 1 is 1.17 bits per heavy atom. The van der Waals surface area contributed by atoms with Gasteiger partial charge in [-0.1, -0.05) is 18.2 Å². The lowest BCUT2D eigenvalue weighted by molar-refractivity contribution is 0.100. The first-order valence-electron chi connectivity index (χ1n) is 11.2. The van der Waals surface area contributed by atoms with E-state index in [1.807, 2.05) is 67.1 Å². The summed E-state index contributed by atoms with van der Waals surface area (Å²) in [6.07, 6.45) is 6.96. The summed E-state index contributed by atoms with van der Waals surface area (Å²) in [5.41, 5.74) is 9.32. The smallest absolute Gasteiger partial charge is 0.259 e. The van der Waals surface area contributed by atoms with Gasteiger partial charge in [0.2, 0.25) is 5.95 Å². The van der Waals surface area contributed by atoms with Gasteiger partial charge in [-0.05, 0) is 32.0 Å². The monoisotopic (exact) mass is 500 g/mol. The number of para-hydroxylation sites is 1. The summed E-state index contributed by atoms with van der Waals surface area (Å²) >= 11 is 1.26. The molecule has 5 rings (SSSR count). The Hall–Kier alpha value is -4.44. The van der Waals surface area contributed by atoms with Crippen LogP contribution in [0, 0.1) is 0 Å². The second kappa shape index (κ2) is 9.67. The molecule has 0 aliphatic heterocycles. The quantitative estimate of drug-likeness (QED) is 0.301. The number of amides is 1. The molecule has 5 aromatic rings. The van der Waals surface area contributed by atoms with Crippen molar-refractivity contribution in [3.8, 4) is 28.3 Å². The minimum atomic E-state index is -0.531. The number of aromatic nitrogens is 4. The fourth-order valence-corrected chi connectivity index (χ4v) is 4.87. The number of nitrogens with zero attached hydrogens (tertiary/aromatic N) is 4. The molecule has 0 fully saturated rings. The van der Waals surface area contributed by atoms with Gasteiger partial charge in [-0.3, -0.25) is 4.79 Å². The summed E-state index contributed by atoms with van der Waals surface area (Å²) in [7, 11) is 1.59. The van der Waals surface area contributed by atoms with Crippen molar-refractivity contribution in [1.29, 1.82) is 0 Å². The maximum atomic E-state index is 12.3. The summed E-state index contributed by atoms with van der Waals surface area (Å²) in [6.45, 7) is 3.93. The molecule has 0 bridgehead atoms. The molecule has 0 unspecified atom stereocenters. The van der Waals surface area contributed by atoms with E-state index in [9.17, 15) is 4.79 Å². The van der Waals surface area contributed by atoms with Crippen LogP contribution in [0.2, 0.25) is 0 Å². The minimum Gasteiger partial charge on any atom is -0.496 e. The average molecular weight is 501 g/mol. The van der Waals surface area contributed by atoms with Crippen molar-refractivity contribution in [3.63, 3.8) is 0 Å². The first-order valence-corrected chi connectivity index (χ1v) is 12.0. The van der Waals surface area contributed by atoms with E-state index >= 15 is 0 Å². The Morgan fingerprint density at radius 3 is 2.72 bits per heavy atom. The van der Waals surface area contributed by atoms with Gasteiger partial charge in [0, 0.05) is 29.6 Å². The summed E-state index contributed by atoms with van der Waals surface area (Å²) in [5, 5.41) is 3.27. The van der Waals surface area contributed by atoms with E-state index in [1.54, 1.807) is 25.8 Å². The number of carbonyl (C=O) groups excluding carboxylic acids is 1. The number of imidazole rings is 1. The zero-order chi connectivity index (χ0) is 25.2. The Morgan fingerprint density at radius 2 is 2.00 bits per heavy atom. The molecular weight excluding hydrogens is 476 g/mol. The van der Waals surface area contributed by atoms with Gasteiger partial charge in [-0.2, -0.15) is 0 Å². The molecule has 3 heterocycles. The molecule has 3 aromatic heterocycles. The third kappa shape index (κ3) is 4.46. The molecule has 36 heavy (non-hydrogen) atoms. The number of primary amides is 1. The molecule has 0 aliphatic carbocycles. The number of hydrogen-bond acceptors (Lipinski definition) is 8. The van der Waals surface area contributed by atoms with Crippen LogP contribution in [0.1, 0.15) is 23.5 Å². The number of ether oxygens (including phenoxy) is 2. The van der Waals surface area contributed by atoms with Crippen LogP contribution in [0.25, 0.3) is 27.0 Å². The molecule has 0 radical (unpaired) electrons. The van der Waals surface area contributed by atoms with Crippen LogP contribution in [0.4, 0.5) is 11.6 Å². The zero-order valence-corrected chi connectivity index (χ0v) is 20.7. The van der Waals surface area contributed by atoms with Crippen molar-refractivity contribution in [2.24, 2.45) is 5.73 Å². The molecule has 182 valence electrons. The molecule has 1 amide bonds. The SMILES string of the molecule is COc1ccccc1-c1c(C(N)=O)sc2cnc(Nc3ccc(-n4ccnc4)cc3OC(C)C)nc12. The highest BCUT2D eigenvalue weighted by Crippen LogP contribution is 2.42. The molecule has 0 spiro atoms. The van der Waals surface area contributed by atoms with Crippen LogP contribution in [0.5, 0.6) is 11.5 Å². The molecule has 3 N–H and O–H groups in total. The highest BCUT2D eigenvalue weighted by atomic mass is 32.1. The molecule has 10 heteroatoms. The Balaban J connectivity index is 1.60. The molecule has 9 nitrogen and oxygen atoms in total. The number of methoxy groups -OCH3 is 1. The molecule has 0 saturated carbocycles. The number of nitrogens with two attached hydrogens (primary N) is 1. The molecule has 0 aliphatic rings. The molecule has 0 atom stereocenters. The third-order valence-electron chi connectivity index (χ3n) is 5.41. The predicted molar refractivity (Wildman–Crippen MR) is 141 cm³/mol. The second-order valence-electron chi connectivity index (χ2n) is 8.22. The lowest BCUT2D eigenvalue weighted by Gasteiger charge is -2.16. The number of fused-ring (bicyclic) bond motifs is 1. The number of nitrogens with one attached hydrogen (secondary N) is 1. The normalized spacial score (nSPS) is 11.1. The van der Waals surface area contributed by atoms with E-state index < -0.39 is 5.91 Å². The number of rotatable bonds is 8. The van der Waals surface area contributed by atoms with Gasteiger partial charge in [0.15, 0.2) is 0 Å². The zero-order valence-electron chi connectivity index (χ0n) is 19.9. The van der Waals surface area contributed by atoms with Crippen LogP contribution in [0.3, 0.4) is 0 Å². The van der Waals surface area contributed by atoms with Gasteiger partial charge in [0.25, 0.3) is 5.91 Å². The minimum absolute atomic E-state index is 0.0425. The molecule has 2 aromatic carbocycles. The number of thiophene rings is 1. The summed E-state index contributed by atoms with van der Waals surface area (Å²) in [5.74, 6) is 1.09. The van der Waals surface area contributed by atoms with Gasteiger partial charge in [0.05, 0.1) is 47.3 Å². The van der Waals surface area contributed by atoms with E-state index in [4.69, 9.17) is 20.2 Å². The fourth-order valence-electron chi connectivity index (χ4n) is 3.89. The van der Waals surface area contributed by atoms with E-state index in [0.717, 1.165) is 16.0 Å². The van der Waals surface area contributed by atoms with E-state index in [-0.39, 0.29) is 6.10 Å². The Bertz CT molecular complexity index is 1550. The fraction of sp³-hybridized carbons (Fsp3) is 0.154. The van der Waals surface area contributed by atoms with Crippen LogP contribution < -0.4 is 20.5 Å². The van der Waals surface area contributed by atoms with E-state index in [1.165, 1.54) is 11.3 Å². The topological polar surface area (TPSA) is 117 Å². The second-order valence-corrected chi connectivity index (χ2v) is 9.27. The van der Waals surface area contributed by atoms with Crippen LogP contribution >= 0.6 is 11.3 Å². The Kier molecular flexibility index (Phi) is 6.26. The predicted octanol–water partition coefficient (Wildman–Crippen LogP) is 5.18. The maximum Gasteiger partial charge on any atom is 0.259 e. The number of benzene rings is 2. The van der Waals surface area contributed by atoms with Gasteiger partial charge in [-0.25, -0.2) is 15.0 Å². The van der Waals surface area contributed by atoms with Gasteiger partial charge >= 0.3 is 0 Å². The summed E-state index contributed by atoms with van der Waals surface area (Å²) in [4.78, 5) is 26.1. The maximum absolute atomic E-state index is 12.3. The lowest BCUT2D eigenvalue weighted by Crippen LogP contribution is -2.10. The van der Waals surface area contributed by atoms with Crippen LogP contribution in [-0.2, 0) is 0 Å². The largest absolute Gasteiger partial charge is 0.496 e. The highest BCUT2D eigenvalue weighted by molar-refractivity contribution is 7.21. The number of anilines is 2. The first kappa shape index (κ1) is 23.3.